The van der Waals surface area contributed by atoms with Crippen LogP contribution in [0.25, 0.3) is 0 Å². The van der Waals surface area contributed by atoms with Crippen LogP contribution in [0.2, 0.25) is 5.02 Å². The number of methoxy groups -OCH3 is 1. The quantitative estimate of drug-likeness (QED) is 0.714. The number of aryl methyl sites for hydroxylation is 1. The van der Waals surface area contributed by atoms with Crippen LogP contribution >= 0.6 is 11.6 Å². The van der Waals surface area contributed by atoms with Gasteiger partial charge in [0.1, 0.15) is 0 Å². The lowest BCUT2D eigenvalue weighted by molar-refractivity contribution is -0.130. The molecule has 0 fully saturated rings. The summed E-state index contributed by atoms with van der Waals surface area (Å²) >= 11 is 6.54. The Morgan fingerprint density at radius 1 is 1.32 bits per heavy atom. The molecule has 0 aliphatic carbocycles. The molecule has 1 aromatic carbocycles. The van der Waals surface area contributed by atoms with Crippen molar-refractivity contribution in [1.82, 2.24) is 4.90 Å². The van der Waals surface area contributed by atoms with Gasteiger partial charge in [-0.3, -0.25) is 4.79 Å². The van der Waals surface area contributed by atoms with Gasteiger partial charge in [-0.15, -0.1) is 0 Å². The van der Waals surface area contributed by atoms with Crippen LogP contribution in [0.4, 0.5) is 0 Å². The number of rotatable bonds is 6. The fourth-order valence-corrected chi connectivity index (χ4v) is 3.29. The maximum Gasteiger partial charge on any atom is 0.227 e. The van der Waals surface area contributed by atoms with Gasteiger partial charge < -0.3 is 9.64 Å². The van der Waals surface area contributed by atoms with Crippen molar-refractivity contribution in [3.8, 4) is 0 Å². The second-order valence-corrected chi connectivity index (χ2v) is 8.76. The van der Waals surface area contributed by atoms with E-state index in [4.69, 9.17) is 16.3 Å². The number of carbonyl (C=O) groups excluding carboxylic acids is 1. The van der Waals surface area contributed by atoms with Crippen LogP contribution in [0.15, 0.2) is 30.5 Å². The Hall–Kier alpha value is -1.32. The Morgan fingerprint density at radius 2 is 2.04 bits per heavy atom. The predicted molar refractivity (Wildman–Crippen MR) is 104 cm³/mol. The average molecular weight is 364 g/mol. The fourth-order valence-electron chi connectivity index (χ4n) is 3.01. The highest BCUT2D eigenvalue weighted by atomic mass is 35.5. The van der Waals surface area contributed by atoms with E-state index < -0.39 is 0 Å². The standard InChI is InChI=1S/C21H30ClNO2/c1-20(2,3)9-8-16-6-7-17(14-18(16)22)21(4)10-11-23(12-13-25-5)19(24)15-21/h6-7,10-11,14H,8-9,12-13,15H2,1-5H3/t21-/m0/s1. The first kappa shape index (κ1) is 20.0. The number of ether oxygens (including phenoxy) is 1. The van der Waals surface area contributed by atoms with E-state index in [2.05, 4.69) is 45.9 Å². The summed E-state index contributed by atoms with van der Waals surface area (Å²) in [7, 11) is 1.64. The summed E-state index contributed by atoms with van der Waals surface area (Å²) in [5, 5.41) is 0.797. The molecule has 0 unspecified atom stereocenters. The van der Waals surface area contributed by atoms with E-state index >= 15 is 0 Å². The summed E-state index contributed by atoms with van der Waals surface area (Å²) in [6, 6.07) is 6.26. The normalized spacial score (nSPS) is 21.0. The maximum absolute atomic E-state index is 12.4. The van der Waals surface area contributed by atoms with Gasteiger partial charge in [0.2, 0.25) is 5.91 Å². The molecular formula is C21H30ClNO2. The number of hydrogen-bond donors (Lipinski definition) is 0. The second kappa shape index (κ2) is 7.92. The van der Waals surface area contributed by atoms with Crippen LogP contribution in [0.5, 0.6) is 0 Å². The summed E-state index contributed by atoms with van der Waals surface area (Å²) in [5.41, 5.74) is 2.25. The molecule has 1 heterocycles. The molecule has 25 heavy (non-hydrogen) atoms. The lowest BCUT2D eigenvalue weighted by Gasteiger charge is -2.34. The van der Waals surface area contributed by atoms with Crippen molar-refractivity contribution in [3.63, 3.8) is 0 Å². The van der Waals surface area contributed by atoms with Gasteiger partial charge in [-0.05, 0) is 35.4 Å². The molecule has 138 valence electrons. The highest BCUT2D eigenvalue weighted by Gasteiger charge is 2.33. The molecule has 1 aromatic rings. The van der Waals surface area contributed by atoms with E-state index in [1.165, 1.54) is 5.56 Å². The molecule has 1 aliphatic rings. The Bertz CT molecular complexity index is 648. The zero-order chi connectivity index (χ0) is 18.7. The van der Waals surface area contributed by atoms with Crippen LogP contribution in [-0.4, -0.2) is 31.1 Å². The lowest BCUT2D eigenvalue weighted by atomic mass is 9.77. The topological polar surface area (TPSA) is 29.5 Å². The zero-order valence-corrected chi connectivity index (χ0v) is 16.8. The number of halogens is 1. The van der Waals surface area contributed by atoms with E-state index in [9.17, 15) is 4.79 Å². The molecular weight excluding hydrogens is 334 g/mol. The van der Waals surface area contributed by atoms with E-state index in [1.807, 2.05) is 12.3 Å². The van der Waals surface area contributed by atoms with E-state index in [-0.39, 0.29) is 16.7 Å². The summed E-state index contributed by atoms with van der Waals surface area (Å²) in [6.45, 7) is 9.95. The van der Waals surface area contributed by atoms with Crippen LogP contribution < -0.4 is 0 Å². The number of hydrogen-bond acceptors (Lipinski definition) is 2. The first-order valence-corrected chi connectivity index (χ1v) is 9.29. The van der Waals surface area contributed by atoms with Crippen LogP contribution in [0.3, 0.4) is 0 Å². The zero-order valence-electron chi connectivity index (χ0n) is 16.1. The van der Waals surface area contributed by atoms with Crippen LogP contribution in [-0.2, 0) is 21.4 Å². The molecule has 0 bridgehead atoms. The minimum absolute atomic E-state index is 0.120. The van der Waals surface area contributed by atoms with E-state index in [0.717, 1.165) is 23.4 Å². The van der Waals surface area contributed by atoms with Gasteiger partial charge in [0.15, 0.2) is 0 Å². The third-order valence-corrected chi connectivity index (χ3v) is 5.21. The summed E-state index contributed by atoms with van der Waals surface area (Å²) in [5.74, 6) is 0.120. The molecule has 1 aliphatic heterocycles. The van der Waals surface area contributed by atoms with Crippen LogP contribution in [0.1, 0.15) is 51.7 Å². The van der Waals surface area contributed by atoms with Crippen molar-refractivity contribution < 1.29 is 9.53 Å². The monoisotopic (exact) mass is 363 g/mol. The molecule has 0 N–H and O–H groups in total. The van der Waals surface area contributed by atoms with Gasteiger partial charge in [-0.1, -0.05) is 57.5 Å². The smallest absolute Gasteiger partial charge is 0.227 e. The highest BCUT2D eigenvalue weighted by molar-refractivity contribution is 6.31. The van der Waals surface area contributed by atoms with Crippen molar-refractivity contribution in [2.75, 3.05) is 20.3 Å². The Morgan fingerprint density at radius 3 is 2.60 bits per heavy atom. The maximum atomic E-state index is 12.4. The van der Waals surface area contributed by atoms with E-state index in [1.54, 1.807) is 12.0 Å². The minimum Gasteiger partial charge on any atom is -0.383 e. The van der Waals surface area contributed by atoms with E-state index in [0.29, 0.717) is 19.6 Å². The van der Waals surface area contributed by atoms with Crippen molar-refractivity contribution >= 4 is 17.5 Å². The Balaban J connectivity index is 2.15. The van der Waals surface area contributed by atoms with Crippen molar-refractivity contribution in [2.24, 2.45) is 5.41 Å². The molecule has 0 spiro atoms. The molecule has 2 rings (SSSR count). The van der Waals surface area contributed by atoms with Gasteiger partial charge in [0, 0.05) is 36.7 Å². The number of carbonyl (C=O) groups is 1. The van der Waals surface area contributed by atoms with Gasteiger partial charge in [-0.2, -0.15) is 0 Å². The first-order valence-electron chi connectivity index (χ1n) is 8.91. The summed E-state index contributed by atoms with van der Waals surface area (Å²) in [4.78, 5) is 14.2. The molecule has 1 atom stereocenters. The number of amides is 1. The third-order valence-electron chi connectivity index (χ3n) is 4.85. The number of benzene rings is 1. The Labute approximate surface area is 157 Å². The molecule has 3 nitrogen and oxygen atoms in total. The minimum atomic E-state index is -0.313. The van der Waals surface area contributed by atoms with Gasteiger partial charge >= 0.3 is 0 Å². The third kappa shape index (κ3) is 5.32. The average Bonchev–Trinajstić information content (AvgIpc) is 2.52. The van der Waals surface area contributed by atoms with Gasteiger partial charge in [0.25, 0.3) is 0 Å². The molecule has 0 aromatic heterocycles. The molecule has 0 radical (unpaired) electrons. The summed E-state index contributed by atoms with van der Waals surface area (Å²) < 4.78 is 5.06. The van der Waals surface area contributed by atoms with Crippen molar-refractivity contribution in [2.45, 2.75) is 52.4 Å². The van der Waals surface area contributed by atoms with Crippen molar-refractivity contribution in [3.05, 3.63) is 46.6 Å². The van der Waals surface area contributed by atoms with Gasteiger partial charge in [-0.25, -0.2) is 0 Å². The Kier molecular flexibility index (Phi) is 6.34. The first-order chi connectivity index (χ1) is 11.6. The lowest BCUT2D eigenvalue weighted by Crippen LogP contribution is -2.38. The largest absolute Gasteiger partial charge is 0.383 e. The predicted octanol–water partition coefficient (Wildman–Crippen LogP) is 4.97. The SMILES string of the molecule is COCCN1C=C[C@](C)(c2ccc(CCC(C)(C)C)c(Cl)c2)CC1=O. The fraction of sp³-hybridized carbons (Fsp3) is 0.571. The molecule has 1 amide bonds. The molecule has 4 heteroatoms. The summed E-state index contributed by atoms with van der Waals surface area (Å²) in [6.07, 6.45) is 6.50. The van der Waals surface area contributed by atoms with Gasteiger partial charge in [0.05, 0.1) is 6.61 Å². The highest BCUT2D eigenvalue weighted by Crippen LogP contribution is 2.36. The molecule has 0 saturated carbocycles. The number of nitrogens with zero attached hydrogens (tertiary/aromatic N) is 1. The number of allylic oxidation sites excluding steroid dienone is 1. The van der Waals surface area contributed by atoms with Crippen molar-refractivity contribution in [1.29, 1.82) is 0 Å². The van der Waals surface area contributed by atoms with Crippen LogP contribution in [0, 0.1) is 5.41 Å². The second-order valence-electron chi connectivity index (χ2n) is 8.36. The molecule has 0 saturated heterocycles.